The lowest BCUT2D eigenvalue weighted by molar-refractivity contribution is 0.0954. The average Bonchev–Trinajstić information content (AvgIpc) is 3.15. The summed E-state index contributed by atoms with van der Waals surface area (Å²) in [6.45, 7) is 2.29. The van der Waals surface area contributed by atoms with Gasteiger partial charge < -0.3 is 15.4 Å². The molecule has 1 atom stereocenters. The van der Waals surface area contributed by atoms with Gasteiger partial charge in [-0.25, -0.2) is 4.98 Å². The van der Waals surface area contributed by atoms with E-state index >= 15 is 0 Å². The van der Waals surface area contributed by atoms with Gasteiger partial charge in [-0.1, -0.05) is 11.6 Å². The fourth-order valence-electron chi connectivity index (χ4n) is 3.26. The van der Waals surface area contributed by atoms with Crippen molar-refractivity contribution in [1.82, 2.24) is 10.3 Å². The van der Waals surface area contributed by atoms with Crippen LogP contribution in [0.2, 0.25) is 0 Å². The maximum atomic E-state index is 12.3. The average molecular weight is 329 g/mol. The number of carbonyl (C=O) groups is 1. The number of nitrogens with zero attached hydrogens (tertiary/aromatic N) is 1. The van der Waals surface area contributed by atoms with Crippen molar-refractivity contribution in [3.8, 4) is 0 Å². The SMILES string of the molecule is O=C(NCCC1=CCCCC1)c1ccnc(NCC2CCCO2)c1. The Hall–Kier alpha value is -1.88. The molecule has 24 heavy (non-hydrogen) atoms. The van der Waals surface area contributed by atoms with E-state index in [0.717, 1.165) is 38.2 Å². The van der Waals surface area contributed by atoms with Crippen molar-refractivity contribution in [2.75, 3.05) is 25.0 Å². The number of nitrogens with one attached hydrogen (secondary N) is 2. The maximum Gasteiger partial charge on any atom is 0.251 e. The van der Waals surface area contributed by atoms with Crippen LogP contribution in [0, 0.1) is 0 Å². The summed E-state index contributed by atoms with van der Waals surface area (Å²) >= 11 is 0. The van der Waals surface area contributed by atoms with Gasteiger partial charge in [0, 0.05) is 31.5 Å². The van der Waals surface area contributed by atoms with Crippen LogP contribution in [0.4, 0.5) is 5.82 Å². The minimum atomic E-state index is -0.0334. The van der Waals surface area contributed by atoms with Crippen molar-refractivity contribution < 1.29 is 9.53 Å². The molecule has 2 heterocycles. The summed E-state index contributed by atoms with van der Waals surface area (Å²) in [7, 11) is 0. The zero-order valence-corrected chi connectivity index (χ0v) is 14.2. The Morgan fingerprint density at radius 2 is 2.29 bits per heavy atom. The standard InChI is InChI=1S/C19H27N3O2/c23-19(21-10-8-15-5-2-1-3-6-15)16-9-11-20-18(13-16)22-14-17-7-4-12-24-17/h5,9,11,13,17H,1-4,6-8,10,12,14H2,(H,20,22)(H,21,23). The van der Waals surface area contributed by atoms with E-state index in [-0.39, 0.29) is 12.0 Å². The minimum Gasteiger partial charge on any atom is -0.376 e. The van der Waals surface area contributed by atoms with Gasteiger partial charge in [0.1, 0.15) is 5.82 Å². The number of anilines is 1. The molecule has 2 N–H and O–H groups in total. The summed E-state index contributed by atoms with van der Waals surface area (Å²) in [6.07, 6.45) is 12.4. The van der Waals surface area contributed by atoms with E-state index in [1.165, 1.54) is 31.3 Å². The topological polar surface area (TPSA) is 63.2 Å². The Bertz CT molecular complexity index is 580. The van der Waals surface area contributed by atoms with E-state index in [1.807, 2.05) is 6.07 Å². The molecule has 3 rings (SSSR count). The highest BCUT2D eigenvalue weighted by Gasteiger charge is 2.15. The third-order valence-electron chi connectivity index (χ3n) is 4.67. The quantitative estimate of drug-likeness (QED) is 0.754. The molecule has 1 aliphatic heterocycles. The predicted molar refractivity (Wildman–Crippen MR) is 95.2 cm³/mol. The van der Waals surface area contributed by atoms with E-state index in [9.17, 15) is 4.79 Å². The third kappa shape index (κ3) is 5.06. The Morgan fingerprint density at radius 3 is 3.08 bits per heavy atom. The van der Waals surface area contributed by atoms with Crippen LogP contribution in [-0.4, -0.2) is 36.7 Å². The van der Waals surface area contributed by atoms with Gasteiger partial charge in [0.25, 0.3) is 5.91 Å². The highest BCUT2D eigenvalue weighted by atomic mass is 16.5. The van der Waals surface area contributed by atoms with Gasteiger partial charge in [0.05, 0.1) is 6.10 Å². The van der Waals surface area contributed by atoms with E-state index in [2.05, 4.69) is 21.7 Å². The molecule has 0 aromatic carbocycles. The lowest BCUT2D eigenvalue weighted by atomic mass is 9.97. The smallest absolute Gasteiger partial charge is 0.251 e. The molecule has 1 fully saturated rings. The summed E-state index contributed by atoms with van der Waals surface area (Å²) in [5.41, 5.74) is 2.13. The molecular formula is C19H27N3O2. The molecule has 0 spiro atoms. The first-order valence-electron chi connectivity index (χ1n) is 9.09. The summed E-state index contributed by atoms with van der Waals surface area (Å²) in [6, 6.07) is 3.57. The molecule has 2 aliphatic rings. The minimum absolute atomic E-state index is 0.0334. The zero-order chi connectivity index (χ0) is 16.6. The normalized spacial score (nSPS) is 20.5. The van der Waals surface area contributed by atoms with Crippen LogP contribution >= 0.6 is 0 Å². The lowest BCUT2D eigenvalue weighted by Crippen LogP contribution is -2.25. The predicted octanol–water partition coefficient (Wildman–Crippen LogP) is 3.29. The van der Waals surface area contributed by atoms with Gasteiger partial charge in [0.15, 0.2) is 0 Å². The molecule has 0 bridgehead atoms. The largest absolute Gasteiger partial charge is 0.376 e. The summed E-state index contributed by atoms with van der Waals surface area (Å²) < 4.78 is 5.59. The fraction of sp³-hybridized carbons (Fsp3) is 0.579. The van der Waals surface area contributed by atoms with E-state index in [4.69, 9.17) is 4.74 Å². The van der Waals surface area contributed by atoms with Gasteiger partial charge in [-0.2, -0.15) is 0 Å². The highest BCUT2D eigenvalue weighted by molar-refractivity contribution is 5.94. The van der Waals surface area contributed by atoms with Crippen LogP contribution in [0.25, 0.3) is 0 Å². The first kappa shape index (κ1) is 17.0. The number of hydrogen-bond donors (Lipinski definition) is 2. The second-order valence-corrected chi connectivity index (χ2v) is 6.56. The summed E-state index contributed by atoms with van der Waals surface area (Å²) in [5.74, 6) is 0.696. The van der Waals surface area contributed by atoms with Crippen molar-refractivity contribution in [1.29, 1.82) is 0 Å². The number of carbonyl (C=O) groups excluding carboxylic acids is 1. The molecule has 5 heteroatoms. The number of amides is 1. The summed E-state index contributed by atoms with van der Waals surface area (Å²) in [5, 5.41) is 6.28. The Kier molecular flexibility index (Phi) is 6.24. The van der Waals surface area contributed by atoms with Gasteiger partial charge in [-0.15, -0.1) is 0 Å². The van der Waals surface area contributed by atoms with Gasteiger partial charge >= 0.3 is 0 Å². The van der Waals surface area contributed by atoms with Gasteiger partial charge in [-0.3, -0.25) is 4.79 Å². The molecule has 1 unspecified atom stereocenters. The molecule has 0 radical (unpaired) electrons. The molecule has 1 aliphatic carbocycles. The number of rotatable bonds is 7. The number of allylic oxidation sites excluding steroid dienone is 1. The number of hydrogen-bond acceptors (Lipinski definition) is 4. The van der Waals surface area contributed by atoms with Crippen LogP contribution in [-0.2, 0) is 4.74 Å². The van der Waals surface area contributed by atoms with Crippen molar-refractivity contribution in [2.24, 2.45) is 0 Å². The van der Waals surface area contributed by atoms with Gasteiger partial charge in [-0.05, 0) is 57.1 Å². The molecule has 1 amide bonds. The monoisotopic (exact) mass is 329 g/mol. The molecule has 5 nitrogen and oxygen atoms in total. The van der Waals surface area contributed by atoms with E-state index in [1.54, 1.807) is 12.3 Å². The molecule has 1 aromatic heterocycles. The molecule has 1 saturated heterocycles. The number of ether oxygens (including phenoxy) is 1. The van der Waals surface area contributed by atoms with Crippen molar-refractivity contribution in [2.45, 2.75) is 51.0 Å². The Morgan fingerprint density at radius 1 is 1.33 bits per heavy atom. The fourth-order valence-corrected chi connectivity index (χ4v) is 3.26. The lowest BCUT2D eigenvalue weighted by Gasteiger charge is -2.13. The molecule has 0 saturated carbocycles. The number of pyridine rings is 1. The van der Waals surface area contributed by atoms with Crippen LogP contribution in [0.15, 0.2) is 30.0 Å². The van der Waals surface area contributed by atoms with Crippen LogP contribution in [0.1, 0.15) is 55.3 Å². The molecule has 1 aromatic rings. The third-order valence-corrected chi connectivity index (χ3v) is 4.67. The van der Waals surface area contributed by atoms with E-state index in [0.29, 0.717) is 12.1 Å². The molecule has 130 valence electrons. The number of aromatic nitrogens is 1. The Balaban J connectivity index is 1.45. The van der Waals surface area contributed by atoms with E-state index < -0.39 is 0 Å². The van der Waals surface area contributed by atoms with Crippen LogP contribution in [0.3, 0.4) is 0 Å². The first-order valence-corrected chi connectivity index (χ1v) is 9.09. The molecular weight excluding hydrogens is 302 g/mol. The Labute approximate surface area is 143 Å². The summed E-state index contributed by atoms with van der Waals surface area (Å²) in [4.78, 5) is 16.6. The van der Waals surface area contributed by atoms with Crippen molar-refractivity contribution in [3.63, 3.8) is 0 Å². The first-order chi connectivity index (χ1) is 11.8. The second kappa shape index (κ2) is 8.83. The zero-order valence-electron chi connectivity index (χ0n) is 14.2. The van der Waals surface area contributed by atoms with Crippen molar-refractivity contribution in [3.05, 3.63) is 35.5 Å². The van der Waals surface area contributed by atoms with Crippen LogP contribution in [0.5, 0.6) is 0 Å². The second-order valence-electron chi connectivity index (χ2n) is 6.56. The van der Waals surface area contributed by atoms with Crippen molar-refractivity contribution >= 4 is 11.7 Å². The van der Waals surface area contributed by atoms with Crippen LogP contribution < -0.4 is 10.6 Å². The van der Waals surface area contributed by atoms with Gasteiger partial charge in [0.2, 0.25) is 0 Å². The maximum absolute atomic E-state index is 12.3. The highest BCUT2D eigenvalue weighted by Crippen LogP contribution is 2.19.